The fourth-order valence-corrected chi connectivity index (χ4v) is 3.79. The Labute approximate surface area is 177 Å². The van der Waals surface area contributed by atoms with E-state index in [1.165, 1.54) is 7.11 Å². The molecule has 0 amide bonds. The number of carbonyl (C=O) groups is 1. The van der Waals surface area contributed by atoms with Crippen LogP contribution < -0.4 is 0 Å². The molecule has 0 aliphatic carbocycles. The van der Waals surface area contributed by atoms with Crippen LogP contribution in [0.2, 0.25) is 5.15 Å². The number of hydrogen-bond donors (Lipinski definition) is 0. The highest BCUT2D eigenvalue weighted by Crippen LogP contribution is 2.35. The first-order chi connectivity index (χ1) is 13.1. The Morgan fingerprint density at radius 3 is 2.61 bits per heavy atom. The van der Waals surface area contributed by atoms with Crippen LogP contribution in [-0.4, -0.2) is 28.1 Å². The van der Waals surface area contributed by atoms with E-state index in [9.17, 15) is 4.79 Å². The van der Waals surface area contributed by atoms with Gasteiger partial charge in [-0.3, -0.25) is 4.40 Å². The van der Waals surface area contributed by atoms with Crippen LogP contribution in [0, 0.1) is 6.92 Å². The molecule has 3 rings (SSSR count). The summed E-state index contributed by atoms with van der Waals surface area (Å²) in [5.74, 6) is -0.494. The van der Waals surface area contributed by atoms with Crippen LogP contribution in [0.3, 0.4) is 0 Å². The Hall–Kier alpha value is -1.89. The van der Waals surface area contributed by atoms with Gasteiger partial charge in [-0.1, -0.05) is 39.7 Å². The van der Waals surface area contributed by atoms with Gasteiger partial charge in [0.1, 0.15) is 10.8 Å². The zero-order chi connectivity index (χ0) is 20.6. The molecule has 148 valence electrons. The van der Waals surface area contributed by atoms with Gasteiger partial charge in [-0.15, -0.1) is 0 Å². The average molecular weight is 466 g/mol. The maximum absolute atomic E-state index is 12.5. The second kappa shape index (κ2) is 7.85. The fourth-order valence-electron chi connectivity index (χ4n) is 3.00. The van der Waals surface area contributed by atoms with Gasteiger partial charge >= 0.3 is 5.97 Å². The number of ether oxygens (including phenoxy) is 2. The molecule has 0 saturated carbocycles. The number of benzene rings is 1. The molecule has 0 radical (unpaired) electrons. The zero-order valence-corrected chi connectivity index (χ0v) is 18.8. The Morgan fingerprint density at radius 1 is 1.29 bits per heavy atom. The third-order valence-electron chi connectivity index (χ3n) is 4.21. The summed E-state index contributed by atoms with van der Waals surface area (Å²) in [6.07, 6.45) is 0.923. The van der Waals surface area contributed by atoms with Crippen LogP contribution in [-0.2, 0) is 14.3 Å². The van der Waals surface area contributed by atoms with Crippen LogP contribution in [0.25, 0.3) is 16.9 Å². The van der Waals surface area contributed by atoms with Gasteiger partial charge < -0.3 is 9.47 Å². The molecule has 0 aliphatic rings. The third-order valence-corrected chi connectivity index (χ3v) is 5.09. The number of aromatic nitrogens is 2. The van der Waals surface area contributed by atoms with E-state index in [4.69, 9.17) is 21.1 Å². The summed E-state index contributed by atoms with van der Waals surface area (Å²) in [5.41, 5.74) is 3.27. The number of methoxy groups -OCH3 is 1. The molecule has 1 atom stereocenters. The van der Waals surface area contributed by atoms with Crippen molar-refractivity contribution in [3.05, 3.63) is 57.3 Å². The molecule has 2 heterocycles. The summed E-state index contributed by atoms with van der Waals surface area (Å²) in [7, 11) is 1.34. The zero-order valence-electron chi connectivity index (χ0n) is 16.4. The molecule has 0 N–H and O–H groups in total. The lowest BCUT2D eigenvalue weighted by Crippen LogP contribution is -2.29. The maximum atomic E-state index is 12.5. The highest BCUT2D eigenvalue weighted by Gasteiger charge is 2.32. The normalized spacial score (nSPS) is 13.0. The van der Waals surface area contributed by atoms with Crippen molar-refractivity contribution in [2.45, 2.75) is 39.4 Å². The smallest absolute Gasteiger partial charge is 0.339 e. The Kier molecular flexibility index (Phi) is 5.84. The van der Waals surface area contributed by atoms with E-state index in [-0.39, 0.29) is 0 Å². The molecule has 0 fully saturated rings. The number of esters is 1. The summed E-state index contributed by atoms with van der Waals surface area (Å²) in [6, 6.07) is 9.77. The number of hydrogen-bond acceptors (Lipinski definition) is 4. The Morgan fingerprint density at radius 2 is 2.00 bits per heavy atom. The van der Waals surface area contributed by atoms with Crippen molar-refractivity contribution in [1.29, 1.82) is 0 Å². The van der Waals surface area contributed by atoms with E-state index < -0.39 is 17.7 Å². The van der Waals surface area contributed by atoms with Gasteiger partial charge in [0.15, 0.2) is 6.10 Å². The lowest BCUT2D eigenvalue weighted by Gasteiger charge is -2.27. The van der Waals surface area contributed by atoms with Gasteiger partial charge in [-0.25, -0.2) is 9.78 Å². The molecule has 1 aromatic carbocycles. The average Bonchev–Trinajstić information content (AvgIpc) is 3.03. The highest BCUT2D eigenvalue weighted by atomic mass is 79.9. The predicted molar refractivity (Wildman–Crippen MR) is 114 cm³/mol. The predicted octanol–water partition coefficient (Wildman–Crippen LogP) is 5.75. The number of pyridine rings is 1. The van der Waals surface area contributed by atoms with Crippen molar-refractivity contribution in [2.75, 3.05) is 7.11 Å². The second-order valence-corrected chi connectivity index (χ2v) is 8.80. The molecule has 0 aliphatic heterocycles. The summed E-state index contributed by atoms with van der Waals surface area (Å²) in [4.78, 5) is 17.1. The molecular formula is C21H22BrClN2O3. The summed E-state index contributed by atoms with van der Waals surface area (Å²) >= 11 is 10.2. The molecule has 0 saturated heterocycles. The molecule has 2 aromatic heterocycles. The van der Waals surface area contributed by atoms with Gasteiger partial charge in [-0.05, 0) is 51.5 Å². The van der Waals surface area contributed by atoms with Crippen molar-refractivity contribution in [2.24, 2.45) is 0 Å². The van der Waals surface area contributed by atoms with Gasteiger partial charge in [0, 0.05) is 21.8 Å². The van der Waals surface area contributed by atoms with Crippen molar-refractivity contribution >= 4 is 39.1 Å². The maximum Gasteiger partial charge on any atom is 0.339 e. The standard InChI is InChI=1S/C21H22BrClN2O3/c1-12-9-16-24-15(13-7-6-8-14(22)10-13)11-25(16)19(23)17(12)18(20(26)27-5)28-21(2,3)4/h6-11,18H,1-5H3/t18-/m0/s1. The van der Waals surface area contributed by atoms with Crippen LogP contribution in [0.1, 0.15) is 38.0 Å². The lowest BCUT2D eigenvalue weighted by molar-refractivity contribution is -0.164. The van der Waals surface area contributed by atoms with E-state index in [2.05, 4.69) is 20.9 Å². The number of halogens is 2. The second-order valence-electron chi connectivity index (χ2n) is 7.53. The van der Waals surface area contributed by atoms with Crippen molar-refractivity contribution < 1.29 is 14.3 Å². The monoisotopic (exact) mass is 464 g/mol. The molecule has 28 heavy (non-hydrogen) atoms. The first-order valence-corrected chi connectivity index (χ1v) is 9.97. The summed E-state index contributed by atoms with van der Waals surface area (Å²) < 4.78 is 13.7. The van der Waals surface area contributed by atoms with E-state index >= 15 is 0 Å². The lowest BCUT2D eigenvalue weighted by atomic mass is 10.0. The van der Waals surface area contributed by atoms with Crippen LogP contribution in [0.5, 0.6) is 0 Å². The van der Waals surface area contributed by atoms with E-state index in [0.717, 1.165) is 21.3 Å². The molecule has 3 aromatic rings. The number of nitrogens with zero attached hydrogens (tertiary/aromatic N) is 2. The topological polar surface area (TPSA) is 52.8 Å². The minimum absolute atomic E-state index is 0.378. The number of aryl methyl sites for hydroxylation is 1. The number of imidazole rings is 1. The largest absolute Gasteiger partial charge is 0.467 e. The first kappa shape index (κ1) is 20.8. The Bertz CT molecular complexity index is 1040. The quantitative estimate of drug-likeness (QED) is 0.363. The van der Waals surface area contributed by atoms with Gasteiger partial charge in [0.25, 0.3) is 0 Å². The number of carbonyl (C=O) groups excluding carboxylic acids is 1. The number of fused-ring (bicyclic) bond motifs is 1. The minimum atomic E-state index is -0.932. The Balaban J connectivity index is 2.17. The molecule has 0 spiro atoms. The molecular weight excluding hydrogens is 444 g/mol. The van der Waals surface area contributed by atoms with E-state index in [1.54, 1.807) is 4.40 Å². The molecule has 7 heteroatoms. The van der Waals surface area contributed by atoms with Gasteiger partial charge in [-0.2, -0.15) is 0 Å². The molecule has 0 unspecified atom stereocenters. The summed E-state index contributed by atoms with van der Waals surface area (Å²) in [6.45, 7) is 7.53. The molecule has 0 bridgehead atoms. The minimum Gasteiger partial charge on any atom is -0.467 e. The summed E-state index contributed by atoms with van der Waals surface area (Å²) in [5, 5.41) is 0.378. The van der Waals surface area contributed by atoms with Gasteiger partial charge in [0.2, 0.25) is 0 Å². The van der Waals surface area contributed by atoms with Crippen LogP contribution in [0.15, 0.2) is 41.0 Å². The van der Waals surface area contributed by atoms with Crippen LogP contribution >= 0.6 is 27.5 Å². The van der Waals surface area contributed by atoms with E-state index in [0.29, 0.717) is 16.4 Å². The van der Waals surface area contributed by atoms with Crippen LogP contribution in [0.4, 0.5) is 0 Å². The first-order valence-electron chi connectivity index (χ1n) is 8.80. The van der Waals surface area contributed by atoms with Crippen molar-refractivity contribution in [3.8, 4) is 11.3 Å². The van der Waals surface area contributed by atoms with Crippen molar-refractivity contribution in [3.63, 3.8) is 0 Å². The highest BCUT2D eigenvalue weighted by molar-refractivity contribution is 9.10. The third kappa shape index (κ3) is 4.24. The molecule has 5 nitrogen and oxygen atoms in total. The fraction of sp³-hybridized carbons (Fsp3) is 0.333. The number of rotatable bonds is 4. The van der Waals surface area contributed by atoms with E-state index in [1.807, 2.05) is 64.2 Å². The van der Waals surface area contributed by atoms with Crippen molar-refractivity contribution in [1.82, 2.24) is 9.38 Å². The SMILES string of the molecule is COC(=O)[C@@H](OC(C)(C)C)c1c(C)cc2nc(-c3cccc(Br)c3)cn2c1Cl. The van der Waals surface area contributed by atoms with Gasteiger partial charge in [0.05, 0.1) is 18.4 Å².